The molecule has 4 nitrogen and oxygen atoms in total. The molecule has 0 radical (unpaired) electrons. The monoisotopic (exact) mass is 418 g/mol. The van der Waals surface area contributed by atoms with E-state index in [0.717, 1.165) is 15.6 Å². The summed E-state index contributed by atoms with van der Waals surface area (Å²) in [6.07, 6.45) is 1.60. The number of hydrogen-bond donors (Lipinski definition) is 1. The van der Waals surface area contributed by atoms with Crippen LogP contribution in [0.3, 0.4) is 0 Å². The molecule has 0 saturated heterocycles. The summed E-state index contributed by atoms with van der Waals surface area (Å²) >= 11 is 9.56. The predicted octanol–water partition coefficient (Wildman–Crippen LogP) is 5.00. The number of aryl methyl sites for hydroxylation is 2. The predicted molar refractivity (Wildman–Crippen MR) is 106 cm³/mol. The second kappa shape index (κ2) is 7.02. The van der Waals surface area contributed by atoms with Crippen LogP contribution in [-0.4, -0.2) is 10.5 Å². The number of benzene rings is 2. The van der Waals surface area contributed by atoms with Crippen molar-refractivity contribution in [3.63, 3.8) is 0 Å². The summed E-state index contributed by atoms with van der Waals surface area (Å²) < 4.78 is 2.73. The van der Waals surface area contributed by atoms with Gasteiger partial charge in [0, 0.05) is 33.3 Å². The van der Waals surface area contributed by atoms with Crippen LogP contribution in [0.4, 0.5) is 5.69 Å². The van der Waals surface area contributed by atoms with Crippen molar-refractivity contribution in [3.05, 3.63) is 73.4 Å². The van der Waals surface area contributed by atoms with Crippen LogP contribution >= 0.6 is 27.5 Å². The van der Waals surface area contributed by atoms with Crippen molar-refractivity contribution in [3.8, 4) is 0 Å². The maximum absolute atomic E-state index is 12.8. The van der Waals surface area contributed by atoms with Crippen LogP contribution in [0, 0.1) is 6.92 Å². The molecular formula is C19H16BrClN2O2. The number of nitrogens with one attached hydrogen (secondary N) is 1. The fourth-order valence-corrected chi connectivity index (χ4v) is 3.38. The Labute approximate surface area is 158 Å². The largest absolute Gasteiger partial charge is 0.346 e. The van der Waals surface area contributed by atoms with E-state index < -0.39 is 5.91 Å². The molecule has 1 N–H and O–H groups in total. The Hall–Kier alpha value is -2.11. The Balaban J connectivity index is 2.14. The molecule has 3 rings (SSSR count). The van der Waals surface area contributed by atoms with Gasteiger partial charge < -0.3 is 9.88 Å². The third kappa shape index (κ3) is 3.34. The van der Waals surface area contributed by atoms with Crippen molar-refractivity contribution in [2.45, 2.75) is 20.4 Å². The second-order valence-corrected chi connectivity index (χ2v) is 7.01. The molecule has 0 spiro atoms. The minimum Gasteiger partial charge on any atom is -0.346 e. The van der Waals surface area contributed by atoms with Gasteiger partial charge in [-0.15, -0.1) is 0 Å². The van der Waals surface area contributed by atoms with E-state index in [9.17, 15) is 9.59 Å². The normalized spacial score (nSPS) is 10.9. The zero-order valence-corrected chi connectivity index (χ0v) is 16.1. The minimum absolute atomic E-state index is 0.107. The van der Waals surface area contributed by atoms with E-state index in [1.165, 1.54) is 0 Å². The fraction of sp³-hybridized carbons (Fsp3) is 0.158. The first kappa shape index (κ1) is 17.7. The van der Waals surface area contributed by atoms with Crippen molar-refractivity contribution in [2.24, 2.45) is 0 Å². The zero-order chi connectivity index (χ0) is 18.1. The first-order valence-electron chi connectivity index (χ1n) is 7.81. The van der Waals surface area contributed by atoms with Crippen LogP contribution in [0.5, 0.6) is 0 Å². The molecule has 1 aromatic heterocycles. The molecule has 2 aromatic carbocycles. The number of carbonyl (C=O) groups is 1. The van der Waals surface area contributed by atoms with Gasteiger partial charge in [0.2, 0.25) is 5.43 Å². The Morgan fingerprint density at radius 1 is 1.28 bits per heavy atom. The summed E-state index contributed by atoms with van der Waals surface area (Å²) in [5.41, 5.74) is 2.02. The van der Waals surface area contributed by atoms with Crippen molar-refractivity contribution >= 4 is 50.0 Å². The van der Waals surface area contributed by atoms with Crippen LogP contribution in [0.2, 0.25) is 5.02 Å². The molecule has 0 saturated carbocycles. The van der Waals surface area contributed by atoms with Crippen molar-refractivity contribution in [1.29, 1.82) is 0 Å². The highest BCUT2D eigenvalue weighted by atomic mass is 79.9. The van der Waals surface area contributed by atoms with Gasteiger partial charge in [0.25, 0.3) is 5.91 Å². The number of hydrogen-bond acceptors (Lipinski definition) is 2. The molecule has 0 fully saturated rings. The maximum Gasteiger partial charge on any atom is 0.261 e. The number of amides is 1. The number of rotatable bonds is 3. The lowest BCUT2D eigenvalue weighted by molar-refractivity contribution is 0.102. The molecule has 25 heavy (non-hydrogen) atoms. The van der Waals surface area contributed by atoms with Gasteiger partial charge in [-0.2, -0.15) is 0 Å². The summed E-state index contributed by atoms with van der Waals surface area (Å²) in [6.45, 7) is 4.45. The van der Waals surface area contributed by atoms with E-state index in [2.05, 4.69) is 21.2 Å². The number of pyridine rings is 1. The summed E-state index contributed by atoms with van der Waals surface area (Å²) in [5.74, 6) is -0.431. The van der Waals surface area contributed by atoms with Crippen LogP contribution < -0.4 is 10.7 Å². The van der Waals surface area contributed by atoms with Crippen molar-refractivity contribution < 1.29 is 4.79 Å². The average Bonchev–Trinajstić information content (AvgIpc) is 2.58. The van der Waals surface area contributed by atoms with Crippen molar-refractivity contribution in [2.75, 3.05) is 5.32 Å². The molecule has 1 amide bonds. The lowest BCUT2D eigenvalue weighted by Crippen LogP contribution is -2.24. The topological polar surface area (TPSA) is 51.1 Å². The SMILES string of the molecule is CCn1cc(C(=O)Nc2cccc(Br)c2)c(=O)c2ccc(Cl)c(C)c21. The average molecular weight is 420 g/mol. The lowest BCUT2D eigenvalue weighted by Gasteiger charge is -2.14. The van der Waals surface area contributed by atoms with E-state index >= 15 is 0 Å². The van der Waals surface area contributed by atoms with Crippen LogP contribution in [0.1, 0.15) is 22.8 Å². The number of anilines is 1. The van der Waals surface area contributed by atoms with E-state index in [-0.39, 0.29) is 11.0 Å². The van der Waals surface area contributed by atoms with E-state index in [1.807, 2.05) is 30.5 Å². The molecule has 128 valence electrons. The summed E-state index contributed by atoms with van der Waals surface area (Å²) in [4.78, 5) is 25.5. The van der Waals surface area contributed by atoms with Gasteiger partial charge in [-0.1, -0.05) is 33.6 Å². The molecule has 0 unspecified atom stereocenters. The third-order valence-electron chi connectivity index (χ3n) is 4.09. The van der Waals surface area contributed by atoms with Gasteiger partial charge >= 0.3 is 0 Å². The molecule has 0 bridgehead atoms. The highest BCUT2D eigenvalue weighted by Crippen LogP contribution is 2.24. The molecule has 0 atom stereocenters. The lowest BCUT2D eigenvalue weighted by atomic mass is 10.1. The Morgan fingerprint density at radius 2 is 2.04 bits per heavy atom. The van der Waals surface area contributed by atoms with Gasteiger partial charge in [-0.05, 0) is 49.7 Å². The van der Waals surface area contributed by atoms with E-state index in [0.29, 0.717) is 22.6 Å². The van der Waals surface area contributed by atoms with Crippen LogP contribution in [-0.2, 0) is 6.54 Å². The summed E-state index contributed by atoms with van der Waals surface area (Å²) in [7, 11) is 0. The second-order valence-electron chi connectivity index (χ2n) is 5.69. The standard InChI is InChI=1S/C19H16BrClN2O2/c1-3-23-10-15(19(25)22-13-6-4-5-12(20)9-13)18(24)14-7-8-16(21)11(2)17(14)23/h4-10H,3H2,1-2H3,(H,22,25). The number of fused-ring (bicyclic) bond motifs is 1. The first-order valence-corrected chi connectivity index (χ1v) is 8.98. The Bertz CT molecular complexity index is 1040. The molecule has 3 aromatic rings. The highest BCUT2D eigenvalue weighted by molar-refractivity contribution is 9.10. The molecule has 0 aliphatic heterocycles. The zero-order valence-electron chi connectivity index (χ0n) is 13.8. The highest BCUT2D eigenvalue weighted by Gasteiger charge is 2.17. The van der Waals surface area contributed by atoms with E-state index in [4.69, 9.17) is 11.6 Å². The van der Waals surface area contributed by atoms with E-state index in [1.54, 1.807) is 30.5 Å². The van der Waals surface area contributed by atoms with Gasteiger partial charge in [0.1, 0.15) is 5.56 Å². The summed E-state index contributed by atoms with van der Waals surface area (Å²) in [5, 5.41) is 3.86. The fourth-order valence-electron chi connectivity index (χ4n) is 2.83. The van der Waals surface area contributed by atoms with Gasteiger partial charge in [0.15, 0.2) is 0 Å². The Morgan fingerprint density at radius 3 is 2.72 bits per heavy atom. The van der Waals surface area contributed by atoms with Gasteiger partial charge in [-0.3, -0.25) is 9.59 Å². The molecule has 0 aliphatic carbocycles. The Kier molecular flexibility index (Phi) is 4.97. The smallest absolute Gasteiger partial charge is 0.261 e. The van der Waals surface area contributed by atoms with Gasteiger partial charge in [-0.25, -0.2) is 0 Å². The van der Waals surface area contributed by atoms with Crippen LogP contribution in [0.25, 0.3) is 10.9 Å². The van der Waals surface area contributed by atoms with Crippen LogP contribution in [0.15, 0.2) is 51.9 Å². The quantitative estimate of drug-likeness (QED) is 0.649. The van der Waals surface area contributed by atoms with Crippen molar-refractivity contribution in [1.82, 2.24) is 4.57 Å². The van der Waals surface area contributed by atoms with Gasteiger partial charge in [0.05, 0.1) is 5.52 Å². The maximum atomic E-state index is 12.8. The molecule has 0 aliphatic rings. The molecular weight excluding hydrogens is 404 g/mol. The minimum atomic E-state index is -0.431. The molecule has 6 heteroatoms. The number of carbonyl (C=O) groups excluding carboxylic acids is 1. The first-order chi connectivity index (χ1) is 11.9. The number of nitrogens with zero attached hydrogens (tertiary/aromatic N) is 1. The summed E-state index contributed by atoms with van der Waals surface area (Å²) in [6, 6.07) is 10.6. The molecule has 1 heterocycles. The number of halogens is 2. The third-order valence-corrected chi connectivity index (χ3v) is 5.00. The number of aromatic nitrogens is 1.